The SMILES string of the molecule is Cc1oc(-c2cc(C(C)(C)C)c(O)c(C(C)(C)C)c2)nc1-c1ccc(N(CC(O)CO)CC(O)CO)cc1. The van der Waals surface area contributed by atoms with Gasteiger partial charge in [0.25, 0.3) is 0 Å². The summed E-state index contributed by atoms with van der Waals surface area (Å²) in [5.41, 5.74) is 4.14. The summed E-state index contributed by atoms with van der Waals surface area (Å²) < 4.78 is 6.12. The number of phenols is 1. The van der Waals surface area contributed by atoms with Gasteiger partial charge in [-0.15, -0.1) is 0 Å². The maximum Gasteiger partial charge on any atom is 0.226 e. The summed E-state index contributed by atoms with van der Waals surface area (Å²) in [7, 11) is 0. The smallest absolute Gasteiger partial charge is 0.226 e. The number of hydrogen-bond donors (Lipinski definition) is 5. The van der Waals surface area contributed by atoms with Crippen LogP contribution in [0.15, 0.2) is 40.8 Å². The van der Waals surface area contributed by atoms with Crippen molar-refractivity contribution in [2.75, 3.05) is 31.2 Å². The molecular weight excluding hydrogens is 484 g/mol. The van der Waals surface area contributed by atoms with Crippen LogP contribution in [-0.4, -0.2) is 69.0 Å². The first-order valence-electron chi connectivity index (χ1n) is 12.9. The molecule has 0 spiro atoms. The number of anilines is 1. The number of hydrogen-bond acceptors (Lipinski definition) is 8. The summed E-state index contributed by atoms with van der Waals surface area (Å²) in [5.74, 6) is 1.42. The van der Waals surface area contributed by atoms with Gasteiger partial charge in [-0.3, -0.25) is 0 Å². The van der Waals surface area contributed by atoms with Crippen LogP contribution in [0.4, 0.5) is 5.69 Å². The highest BCUT2D eigenvalue weighted by atomic mass is 16.4. The van der Waals surface area contributed by atoms with E-state index in [1.165, 1.54) is 0 Å². The van der Waals surface area contributed by atoms with Gasteiger partial charge in [-0.25, -0.2) is 4.98 Å². The molecule has 0 aliphatic rings. The van der Waals surface area contributed by atoms with Crippen molar-refractivity contribution in [3.8, 4) is 28.5 Å². The molecule has 2 unspecified atom stereocenters. The number of aryl methyl sites for hydroxylation is 1. The average Bonchev–Trinajstić information content (AvgIpc) is 3.23. The zero-order valence-electron chi connectivity index (χ0n) is 23.5. The Bertz CT molecular complexity index is 1170. The summed E-state index contributed by atoms with van der Waals surface area (Å²) >= 11 is 0. The third kappa shape index (κ3) is 6.74. The molecule has 5 N–H and O–H groups in total. The zero-order valence-corrected chi connectivity index (χ0v) is 23.5. The first-order valence-corrected chi connectivity index (χ1v) is 12.9. The Morgan fingerprint density at radius 1 is 0.816 bits per heavy atom. The zero-order chi connectivity index (χ0) is 28.4. The van der Waals surface area contributed by atoms with Crippen molar-refractivity contribution < 1.29 is 29.9 Å². The lowest BCUT2D eigenvalue weighted by molar-refractivity contribution is 0.0839. The first kappa shape index (κ1) is 29.6. The van der Waals surface area contributed by atoms with Crippen LogP contribution in [0.5, 0.6) is 5.75 Å². The molecule has 0 aliphatic heterocycles. The fourth-order valence-corrected chi connectivity index (χ4v) is 4.43. The molecule has 1 aromatic heterocycles. The average molecular weight is 527 g/mol. The van der Waals surface area contributed by atoms with Gasteiger partial charge < -0.3 is 34.8 Å². The Hall–Kier alpha value is -2.91. The van der Waals surface area contributed by atoms with Crippen molar-refractivity contribution in [3.63, 3.8) is 0 Å². The van der Waals surface area contributed by atoms with E-state index in [9.17, 15) is 25.5 Å². The van der Waals surface area contributed by atoms with E-state index < -0.39 is 25.4 Å². The molecular formula is C30H42N2O6. The molecule has 0 saturated carbocycles. The van der Waals surface area contributed by atoms with Gasteiger partial charge in [-0.2, -0.15) is 0 Å². The normalized spacial score (nSPS) is 14.0. The highest BCUT2D eigenvalue weighted by molar-refractivity contribution is 5.69. The quantitative estimate of drug-likeness (QED) is 0.281. The molecule has 0 saturated heterocycles. The fourth-order valence-electron chi connectivity index (χ4n) is 4.43. The first-order chi connectivity index (χ1) is 17.6. The van der Waals surface area contributed by atoms with Crippen LogP contribution >= 0.6 is 0 Å². The maximum atomic E-state index is 11.1. The lowest BCUT2D eigenvalue weighted by atomic mass is 9.78. The van der Waals surface area contributed by atoms with Gasteiger partial charge in [0.15, 0.2) is 0 Å². The van der Waals surface area contributed by atoms with Gasteiger partial charge >= 0.3 is 0 Å². The monoisotopic (exact) mass is 526 g/mol. The number of phenolic OH excluding ortho intramolecular Hbond substituents is 1. The number of aliphatic hydroxyl groups excluding tert-OH is 4. The van der Waals surface area contributed by atoms with Crippen molar-refractivity contribution in [3.05, 3.63) is 53.3 Å². The molecule has 1 heterocycles. The Morgan fingerprint density at radius 3 is 1.71 bits per heavy atom. The molecule has 0 aliphatic carbocycles. The lowest BCUT2D eigenvalue weighted by Crippen LogP contribution is -2.40. The number of aromatic nitrogens is 1. The number of benzene rings is 2. The number of aromatic hydroxyl groups is 1. The summed E-state index contributed by atoms with van der Waals surface area (Å²) in [6, 6.07) is 11.3. The predicted octanol–water partition coefficient (Wildman–Crippen LogP) is 4.13. The second kappa shape index (κ2) is 11.5. The van der Waals surface area contributed by atoms with Crippen molar-refractivity contribution in [1.82, 2.24) is 4.98 Å². The summed E-state index contributed by atoms with van der Waals surface area (Å²) in [6.45, 7) is 13.6. The van der Waals surface area contributed by atoms with Crippen LogP contribution < -0.4 is 4.90 Å². The highest BCUT2D eigenvalue weighted by Crippen LogP contribution is 2.42. The van der Waals surface area contributed by atoms with Crippen molar-refractivity contribution >= 4 is 5.69 Å². The van der Waals surface area contributed by atoms with E-state index >= 15 is 0 Å². The Labute approximate surface area is 225 Å². The van der Waals surface area contributed by atoms with E-state index in [0.29, 0.717) is 23.1 Å². The molecule has 208 valence electrons. The summed E-state index contributed by atoms with van der Waals surface area (Å²) in [5, 5.41) is 49.5. The number of oxazole rings is 1. The molecule has 2 atom stereocenters. The van der Waals surface area contributed by atoms with Gasteiger partial charge in [0.05, 0.1) is 25.4 Å². The Kier molecular flexibility index (Phi) is 8.93. The van der Waals surface area contributed by atoms with E-state index in [2.05, 4.69) is 41.5 Å². The second-order valence-electron chi connectivity index (χ2n) is 12.0. The molecule has 38 heavy (non-hydrogen) atoms. The van der Waals surface area contributed by atoms with E-state index in [-0.39, 0.29) is 23.9 Å². The molecule has 2 aromatic carbocycles. The predicted molar refractivity (Wildman–Crippen MR) is 150 cm³/mol. The maximum absolute atomic E-state index is 11.1. The van der Waals surface area contributed by atoms with Crippen LogP contribution in [0.3, 0.4) is 0 Å². The molecule has 0 amide bonds. The minimum Gasteiger partial charge on any atom is -0.507 e. The number of rotatable bonds is 9. The van der Waals surface area contributed by atoms with Gasteiger partial charge in [0.1, 0.15) is 17.2 Å². The molecule has 0 radical (unpaired) electrons. The lowest BCUT2D eigenvalue weighted by Gasteiger charge is -2.28. The summed E-state index contributed by atoms with van der Waals surface area (Å²) in [4.78, 5) is 6.53. The Balaban J connectivity index is 2.00. The van der Waals surface area contributed by atoms with E-state index in [1.807, 2.05) is 43.3 Å². The van der Waals surface area contributed by atoms with Crippen LogP contribution in [0.2, 0.25) is 0 Å². The van der Waals surface area contributed by atoms with Gasteiger partial charge in [0.2, 0.25) is 5.89 Å². The van der Waals surface area contributed by atoms with E-state index in [1.54, 1.807) is 4.90 Å². The molecule has 8 nitrogen and oxygen atoms in total. The second-order valence-corrected chi connectivity index (χ2v) is 12.0. The van der Waals surface area contributed by atoms with Crippen molar-refractivity contribution in [2.24, 2.45) is 0 Å². The molecule has 0 fully saturated rings. The van der Waals surface area contributed by atoms with Crippen LogP contribution in [0, 0.1) is 6.92 Å². The standard InChI is InChI=1S/C30H42N2O6/c1-18-26(19-8-10-21(11-9-19)32(14-22(35)16-33)15-23(36)17-34)31-28(38-18)20-12-24(29(2,3)4)27(37)25(13-20)30(5,6)7/h8-13,22-23,33-37H,14-17H2,1-7H3. The van der Waals surface area contributed by atoms with E-state index in [4.69, 9.17) is 9.40 Å². The largest absolute Gasteiger partial charge is 0.507 e. The fraction of sp³-hybridized carbons (Fsp3) is 0.500. The topological polar surface area (TPSA) is 130 Å². The number of nitrogens with zero attached hydrogens (tertiary/aromatic N) is 2. The molecule has 3 aromatic rings. The highest BCUT2D eigenvalue weighted by Gasteiger charge is 2.28. The van der Waals surface area contributed by atoms with Crippen molar-refractivity contribution in [1.29, 1.82) is 0 Å². The third-order valence-corrected chi connectivity index (χ3v) is 6.56. The van der Waals surface area contributed by atoms with Crippen LogP contribution in [0.25, 0.3) is 22.7 Å². The molecule has 8 heteroatoms. The van der Waals surface area contributed by atoms with Gasteiger partial charge in [-0.05, 0) is 42.0 Å². The van der Waals surface area contributed by atoms with Gasteiger partial charge in [-0.1, -0.05) is 53.7 Å². The minimum atomic E-state index is -0.984. The van der Waals surface area contributed by atoms with Crippen LogP contribution in [-0.2, 0) is 10.8 Å². The minimum absolute atomic E-state index is 0.104. The molecule has 3 rings (SSSR count). The van der Waals surface area contributed by atoms with Gasteiger partial charge in [0, 0.05) is 41.0 Å². The number of aliphatic hydroxyl groups is 4. The van der Waals surface area contributed by atoms with Crippen LogP contribution in [0.1, 0.15) is 58.4 Å². The van der Waals surface area contributed by atoms with E-state index in [0.717, 1.165) is 27.9 Å². The Morgan fingerprint density at radius 2 is 1.29 bits per heavy atom. The van der Waals surface area contributed by atoms with Crippen molar-refractivity contribution in [2.45, 2.75) is 71.5 Å². The third-order valence-electron chi connectivity index (χ3n) is 6.56. The summed E-state index contributed by atoms with van der Waals surface area (Å²) in [6.07, 6.45) is -1.97. The molecule has 0 bridgehead atoms.